The second-order valence-electron chi connectivity index (χ2n) is 5.62. The van der Waals surface area contributed by atoms with Gasteiger partial charge in [-0.15, -0.1) is 0 Å². The lowest BCUT2D eigenvalue weighted by Gasteiger charge is -2.24. The minimum atomic E-state index is -0.436. The van der Waals surface area contributed by atoms with Crippen molar-refractivity contribution in [2.24, 2.45) is 10.1 Å². The minimum Gasteiger partial charge on any atom is -0.303 e. The van der Waals surface area contributed by atoms with Crippen LogP contribution in [0.4, 0.5) is 10.1 Å². The number of carbonyl (C=O) groups excluding carboxylic acids is 2. The predicted molar refractivity (Wildman–Crippen MR) is 105 cm³/mol. The van der Waals surface area contributed by atoms with Gasteiger partial charge in [0.25, 0.3) is 0 Å². The Morgan fingerprint density at radius 2 is 1.74 bits per heavy atom. The van der Waals surface area contributed by atoms with Gasteiger partial charge in [-0.1, -0.05) is 11.6 Å². The van der Waals surface area contributed by atoms with E-state index in [2.05, 4.69) is 16.8 Å². The topological polar surface area (TPSA) is 65.3 Å². The van der Waals surface area contributed by atoms with Crippen LogP contribution in [-0.4, -0.2) is 49.9 Å². The molecule has 0 aromatic heterocycles. The smallest absolute Gasteiger partial charge is 0.248 e. The first-order valence-electron chi connectivity index (χ1n) is 7.95. The Bertz CT molecular complexity index is 838. The lowest BCUT2D eigenvalue weighted by atomic mass is 10.1. The Morgan fingerprint density at radius 3 is 2.33 bits per heavy atom. The van der Waals surface area contributed by atoms with Crippen molar-refractivity contribution in [2.75, 3.05) is 25.0 Å². The summed E-state index contributed by atoms with van der Waals surface area (Å²) in [7, 11) is 1.59. The molecular weight excluding hydrogens is 371 g/mol. The van der Waals surface area contributed by atoms with E-state index in [1.165, 1.54) is 40.5 Å². The SMILES string of the molecule is C=N/C=N\N(C)CC(=O)N(CC(=O)c1ccc(Cl)cc1)c1ccc(F)cc1. The molecule has 0 radical (unpaired) electrons. The zero-order valence-electron chi connectivity index (χ0n) is 14.7. The lowest BCUT2D eigenvalue weighted by Crippen LogP contribution is -2.41. The average molecular weight is 389 g/mol. The van der Waals surface area contributed by atoms with Crippen LogP contribution >= 0.6 is 11.6 Å². The number of ketones is 1. The molecule has 8 heteroatoms. The molecular formula is C19H18ClFN4O2. The van der Waals surface area contributed by atoms with Crippen LogP contribution in [0.15, 0.2) is 58.6 Å². The van der Waals surface area contributed by atoms with Gasteiger partial charge in [-0.3, -0.25) is 19.6 Å². The summed E-state index contributed by atoms with van der Waals surface area (Å²) in [6.45, 7) is 2.97. The van der Waals surface area contributed by atoms with Gasteiger partial charge in [0.15, 0.2) is 5.78 Å². The molecule has 0 atom stereocenters. The Balaban J connectivity index is 2.23. The van der Waals surface area contributed by atoms with Gasteiger partial charge in [0.2, 0.25) is 5.91 Å². The molecule has 0 spiro atoms. The van der Waals surface area contributed by atoms with E-state index in [0.29, 0.717) is 16.3 Å². The monoisotopic (exact) mass is 388 g/mol. The first-order chi connectivity index (χ1) is 12.9. The summed E-state index contributed by atoms with van der Waals surface area (Å²) in [5, 5.41) is 5.76. The number of hydrogen-bond acceptors (Lipinski definition) is 4. The van der Waals surface area contributed by atoms with Crippen LogP contribution in [0, 0.1) is 5.82 Å². The molecule has 0 N–H and O–H groups in total. The molecule has 0 bridgehead atoms. The maximum absolute atomic E-state index is 13.2. The highest BCUT2D eigenvalue weighted by molar-refractivity contribution is 6.30. The average Bonchev–Trinajstić information content (AvgIpc) is 2.65. The maximum Gasteiger partial charge on any atom is 0.248 e. The van der Waals surface area contributed by atoms with E-state index in [1.807, 2.05) is 0 Å². The molecule has 0 unspecified atom stereocenters. The van der Waals surface area contributed by atoms with Crippen molar-refractivity contribution in [3.05, 3.63) is 64.9 Å². The molecule has 1 amide bonds. The number of anilines is 1. The van der Waals surface area contributed by atoms with Gasteiger partial charge in [0.1, 0.15) is 18.7 Å². The highest BCUT2D eigenvalue weighted by Crippen LogP contribution is 2.17. The van der Waals surface area contributed by atoms with Gasteiger partial charge in [-0.05, 0) is 55.2 Å². The molecule has 2 aromatic carbocycles. The van der Waals surface area contributed by atoms with Gasteiger partial charge in [0, 0.05) is 23.3 Å². The van der Waals surface area contributed by atoms with Crippen LogP contribution in [-0.2, 0) is 4.79 Å². The van der Waals surface area contributed by atoms with Gasteiger partial charge in [0.05, 0.1) is 6.54 Å². The molecule has 6 nitrogen and oxygen atoms in total. The lowest BCUT2D eigenvalue weighted by molar-refractivity contribution is -0.119. The predicted octanol–water partition coefficient (Wildman–Crippen LogP) is 3.27. The summed E-state index contributed by atoms with van der Waals surface area (Å²) in [6, 6.07) is 11.7. The summed E-state index contributed by atoms with van der Waals surface area (Å²) in [5.41, 5.74) is 0.824. The fraction of sp³-hybridized carbons (Fsp3) is 0.158. The maximum atomic E-state index is 13.2. The van der Waals surface area contributed by atoms with Crippen molar-refractivity contribution in [3.8, 4) is 0 Å². The quantitative estimate of drug-likeness (QED) is 0.302. The molecule has 0 fully saturated rings. The fourth-order valence-corrected chi connectivity index (χ4v) is 2.39. The van der Waals surface area contributed by atoms with Gasteiger partial charge in [-0.2, -0.15) is 5.10 Å². The van der Waals surface area contributed by atoms with E-state index in [4.69, 9.17) is 11.6 Å². The third kappa shape index (κ3) is 6.00. The summed E-state index contributed by atoms with van der Waals surface area (Å²) < 4.78 is 13.2. The normalized spacial score (nSPS) is 10.6. The van der Waals surface area contributed by atoms with Crippen molar-refractivity contribution >= 4 is 42.0 Å². The first kappa shape index (κ1) is 20.3. The zero-order chi connectivity index (χ0) is 19.8. The largest absolute Gasteiger partial charge is 0.303 e. The van der Waals surface area contributed by atoms with Crippen molar-refractivity contribution in [1.82, 2.24) is 5.01 Å². The van der Waals surface area contributed by atoms with Crippen LogP contribution in [0.25, 0.3) is 0 Å². The number of benzene rings is 2. The number of rotatable bonds is 8. The van der Waals surface area contributed by atoms with Gasteiger partial charge < -0.3 is 4.90 Å². The molecule has 2 aromatic rings. The molecule has 27 heavy (non-hydrogen) atoms. The third-order valence-electron chi connectivity index (χ3n) is 3.60. The molecule has 0 saturated heterocycles. The van der Waals surface area contributed by atoms with Crippen LogP contribution in [0.1, 0.15) is 10.4 Å². The van der Waals surface area contributed by atoms with Crippen molar-refractivity contribution < 1.29 is 14.0 Å². The standard InChI is InChI=1S/C19H18ClFN4O2/c1-22-13-23-24(2)12-19(27)25(17-9-7-16(21)8-10-17)11-18(26)14-3-5-15(20)6-4-14/h3-10,13H,1,11-12H2,2H3/b23-13-. The number of aliphatic imine (C=N–C) groups is 1. The van der Waals surface area contributed by atoms with E-state index >= 15 is 0 Å². The highest BCUT2D eigenvalue weighted by Gasteiger charge is 2.21. The van der Waals surface area contributed by atoms with E-state index in [9.17, 15) is 14.0 Å². The molecule has 0 aliphatic rings. The summed E-state index contributed by atoms with van der Waals surface area (Å²) in [4.78, 5) is 30.1. The Kier molecular flexibility index (Phi) is 7.19. The number of amides is 1. The molecule has 0 aliphatic heterocycles. The van der Waals surface area contributed by atoms with Crippen molar-refractivity contribution in [2.45, 2.75) is 0 Å². The number of halogens is 2. The zero-order valence-corrected chi connectivity index (χ0v) is 15.4. The van der Waals surface area contributed by atoms with Gasteiger partial charge in [-0.25, -0.2) is 4.39 Å². The van der Waals surface area contributed by atoms with Crippen LogP contribution < -0.4 is 4.90 Å². The fourth-order valence-electron chi connectivity index (χ4n) is 2.26. The number of nitrogens with zero attached hydrogens (tertiary/aromatic N) is 4. The van der Waals surface area contributed by atoms with Crippen molar-refractivity contribution in [1.29, 1.82) is 0 Å². The molecule has 0 saturated carbocycles. The third-order valence-corrected chi connectivity index (χ3v) is 3.85. The molecule has 0 heterocycles. The van der Waals surface area contributed by atoms with Crippen LogP contribution in [0.2, 0.25) is 5.02 Å². The molecule has 0 aliphatic carbocycles. The number of likely N-dealkylation sites (N-methyl/N-ethyl adjacent to an activating group) is 1. The second kappa shape index (κ2) is 9.59. The summed E-state index contributed by atoms with van der Waals surface area (Å²) in [5.74, 6) is -1.09. The molecule has 140 valence electrons. The minimum absolute atomic E-state index is 0.0999. The van der Waals surface area contributed by atoms with Gasteiger partial charge >= 0.3 is 0 Å². The summed E-state index contributed by atoms with van der Waals surface area (Å²) >= 11 is 5.84. The van der Waals surface area contributed by atoms with E-state index in [-0.39, 0.29) is 24.8 Å². The van der Waals surface area contributed by atoms with Crippen LogP contribution in [0.3, 0.4) is 0 Å². The number of carbonyl (C=O) groups is 2. The van der Waals surface area contributed by atoms with Crippen molar-refractivity contribution in [3.63, 3.8) is 0 Å². The number of Topliss-reactive ketones (excluding diaryl/α,β-unsaturated/α-hetero) is 1. The number of hydrazone groups is 1. The first-order valence-corrected chi connectivity index (χ1v) is 8.32. The van der Waals surface area contributed by atoms with E-state index in [0.717, 1.165) is 0 Å². The number of hydrogen-bond donors (Lipinski definition) is 0. The van der Waals surface area contributed by atoms with Crippen LogP contribution in [0.5, 0.6) is 0 Å². The summed E-state index contributed by atoms with van der Waals surface area (Å²) in [6.07, 6.45) is 1.20. The van der Waals surface area contributed by atoms with E-state index < -0.39 is 5.82 Å². The Labute approximate surface area is 161 Å². The second-order valence-corrected chi connectivity index (χ2v) is 6.05. The Hall–Kier alpha value is -3.06. The highest BCUT2D eigenvalue weighted by atomic mass is 35.5. The Morgan fingerprint density at radius 1 is 1.11 bits per heavy atom. The molecule has 2 rings (SSSR count). The van der Waals surface area contributed by atoms with E-state index in [1.54, 1.807) is 31.3 Å².